The minimum Gasteiger partial charge on any atom is -0.493 e. The molecular weight excluding hydrogens is 348 g/mol. The van der Waals surface area contributed by atoms with Crippen molar-refractivity contribution in [2.75, 3.05) is 0 Å². The van der Waals surface area contributed by atoms with Crippen LogP contribution in [-0.4, -0.2) is 36.9 Å². The van der Waals surface area contributed by atoms with Gasteiger partial charge in [0.1, 0.15) is 0 Å². The molecule has 7 nitrogen and oxygen atoms in total. The zero-order valence-electron chi connectivity index (χ0n) is 16.6. The second kappa shape index (κ2) is 13.4. The third-order valence-electron chi connectivity index (χ3n) is 4.95. The predicted octanol–water partition coefficient (Wildman–Crippen LogP) is 3.57. The summed E-state index contributed by atoms with van der Waals surface area (Å²) in [5.74, 6) is -0.812. The number of nitrogens with zero attached hydrogens (tertiary/aromatic N) is 1. The number of aromatic amines is 1. The van der Waals surface area contributed by atoms with E-state index >= 15 is 0 Å². The van der Waals surface area contributed by atoms with Crippen LogP contribution in [0, 0.1) is 0 Å². The molecule has 1 aromatic rings. The van der Waals surface area contributed by atoms with Gasteiger partial charge in [-0.1, -0.05) is 51.9 Å². The first-order valence-electron chi connectivity index (χ1n) is 10.4. The molecular formula is C20H36N2O5. The summed E-state index contributed by atoms with van der Waals surface area (Å²) in [6.45, 7) is 2.53. The number of unbranched alkanes of at least 4 members (excludes halogenated alkanes) is 7. The number of imidazole rings is 1. The highest BCUT2D eigenvalue weighted by Gasteiger charge is 2.14. The molecule has 1 aromatic heterocycles. The molecule has 27 heavy (non-hydrogen) atoms. The van der Waals surface area contributed by atoms with E-state index in [9.17, 15) is 19.8 Å². The van der Waals surface area contributed by atoms with Crippen LogP contribution in [0.3, 0.4) is 0 Å². The molecule has 156 valence electrons. The molecule has 1 atom stereocenters. The Kier molecular flexibility index (Phi) is 11.6. The Hall–Kier alpha value is -1.76. The first-order chi connectivity index (χ1) is 13.0. The summed E-state index contributed by atoms with van der Waals surface area (Å²) in [6.07, 6.45) is 10.4. The van der Waals surface area contributed by atoms with Crippen LogP contribution in [0.1, 0.15) is 89.7 Å². The topological polar surface area (TPSA) is 116 Å². The molecule has 4 N–H and O–H groups in total. The van der Waals surface area contributed by atoms with Gasteiger partial charge in [-0.25, -0.2) is 4.79 Å². The van der Waals surface area contributed by atoms with Crippen molar-refractivity contribution in [1.29, 1.82) is 0 Å². The Morgan fingerprint density at radius 1 is 1.04 bits per heavy atom. The van der Waals surface area contributed by atoms with Gasteiger partial charge < -0.3 is 15.3 Å². The van der Waals surface area contributed by atoms with Gasteiger partial charge >= 0.3 is 11.7 Å². The van der Waals surface area contributed by atoms with Gasteiger partial charge in [-0.3, -0.25) is 14.3 Å². The summed E-state index contributed by atoms with van der Waals surface area (Å²) in [5.41, 5.74) is 0.295. The van der Waals surface area contributed by atoms with E-state index in [1.54, 1.807) is 4.57 Å². The number of aliphatic hydroxyl groups is 1. The fourth-order valence-electron chi connectivity index (χ4n) is 3.31. The van der Waals surface area contributed by atoms with Crippen molar-refractivity contribution in [1.82, 2.24) is 9.55 Å². The maximum absolute atomic E-state index is 12.0. The van der Waals surface area contributed by atoms with Gasteiger partial charge in [0.2, 0.25) is 5.88 Å². The Bertz CT molecular complexity index is 594. The molecule has 0 spiro atoms. The third kappa shape index (κ3) is 9.65. The molecule has 0 amide bonds. The first kappa shape index (κ1) is 23.3. The van der Waals surface area contributed by atoms with Crippen molar-refractivity contribution in [2.45, 2.75) is 103 Å². The lowest BCUT2D eigenvalue weighted by Gasteiger charge is -2.12. The average Bonchev–Trinajstić information content (AvgIpc) is 2.88. The smallest absolute Gasteiger partial charge is 0.328 e. The molecule has 0 radical (unpaired) electrons. The van der Waals surface area contributed by atoms with Crippen molar-refractivity contribution in [3.05, 3.63) is 16.2 Å². The fraction of sp³-hybridized carbons (Fsp3) is 0.800. The van der Waals surface area contributed by atoms with E-state index in [1.807, 2.05) is 0 Å². The number of carboxylic acid groups (broad SMARTS) is 1. The Morgan fingerprint density at radius 3 is 2.37 bits per heavy atom. The quantitative estimate of drug-likeness (QED) is 0.325. The van der Waals surface area contributed by atoms with E-state index in [2.05, 4.69) is 11.9 Å². The van der Waals surface area contributed by atoms with Crippen LogP contribution in [0.2, 0.25) is 0 Å². The van der Waals surface area contributed by atoms with Crippen LogP contribution in [-0.2, 0) is 17.8 Å². The minimum absolute atomic E-state index is 0.0677. The molecule has 7 heteroatoms. The summed E-state index contributed by atoms with van der Waals surface area (Å²) < 4.78 is 1.55. The van der Waals surface area contributed by atoms with E-state index in [4.69, 9.17) is 5.11 Å². The minimum atomic E-state index is -0.744. The molecule has 0 aliphatic carbocycles. The van der Waals surface area contributed by atoms with Crippen molar-refractivity contribution in [2.24, 2.45) is 0 Å². The lowest BCUT2D eigenvalue weighted by Crippen LogP contribution is -2.22. The van der Waals surface area contributed by atoms with Crippen LogP contribution in [0.25, 0.3) is 0 Å². The number of H-pyrrole nitrogens is 1. The fourth-order valence-corrected chi connectivity index (χ4v) is 3.31. The number of rotatable bonds is 16. The maximum Gasteiger partial charge on any atom is 0.328 e. The van der Waals surface area contributed by atoms with E-state index in [0.29, 0.717) is 31.5 Å². The Morgan fingerprint density at radius 2 is 1.70 bits per heavy atom. The number of hydrogen-bond donors (Lipinski definition) is 4. The van der Waals surface area contributed by atoms with Crippen molar-refractivity contribution < 1.29 is 20.1 Å². The van der Waals surface area contributed by atoms with Gasteiger partial charge in [0.25, 0.3) is 0 Å². The van der Waals surface area contributed by atoms with Crippen LogP contribution >= 0.6 is 0 Å². The second-order valence-electron chi connectivity index (χ2n) is 7.33. The molecule has 0 bridgehead atoms. The van der Waals surface area contributed by atoms with Gasteiger partial charge in [-0.2, -0.15) is 0 Å². The average molecular weight is 385 g/mol. The summed E-state index contributed by atoms with van der Waals surface area (Å²) >= 11 is 0. The molecule has 1 heterocycles. The molecule has 1 rings (SSSR count). The highest BCUT2D eigenvalue weighted by Crippen LogP contribution is 2.17. The number of nitrogens with one attached hydrogen (secondary N) is 1. The number of hydrogen-bond acceptors (Lipinski definition) is 4. The number of aromatic nitrogens is 2. The maximum atomic E-state index is 12.0. The highest BCUT2D eigenvalue weighted by molar-refractivity contribution is 5.66. The zero-order chi connectivity index (χ0) is 20.1. The van der Waals surface area contributed by atoms with Crippen molar-refractivity contribution >= 4 is 5.97 Å². The second-order valence-corrected chi connectivity index (χ2v) is 7.33. The van der Waals surface area contributed by atoms with Gasteiger partial charge in [0.15, 0.2) is 0 Å². The third-order valence-corrected chi connectivity index (χ3v) is 4.95. The van der Waals surface area contributed by atoms with E-state index in [-0.39, 0.29) is 18.0 Å². The summed E-state index contributed by atoms with van der Waals surface area (Å²) in [5, 5.41) is 28.6. The molecule has 0 saturated carbocycles. The molecule has 0 aliphatic heterocycles. The standard InChI is InChI=1S/C20H36N2O5/c1-2-3-8-11-16(23)14-15-22-17(19(26)21-20(22)27)12-9-6-4-5-7-10-13-18(24)25/h16,23,26H,2-15H2,1H3,(H,21,27)(H,24,25). The van der Waals surface area contributed by atoms with Crippen LogP contribution in [0.4, 0.5) is 0 Å². The van der Waals surface area contributed by atoms with Gasteiger partial charge in [-0.05, 0) is 32.1 Å². The molecule has 1 unspecified atom stereocenters. The lowest BCUT2D eigenvalue weighted by atomic mass is 10.1. The lowest BCUT2D eigenvalue weighted by molar-refractivity contribution is -0.137. The van der Waals surface area contributed by atoms with E-state index < -0.39 is 12.1 Å². The number of carbonyl (C=O) groups is 1. The predicted molar refractivity (Wildman–Crippen MR) is 105 cm³/mol. The SMILES string of the molecule is CCCCCC(O)CCn1c(CCCCCCCCC(=O)O)c(O)[nH]c1=O. The molecule has 0 saturated heterocycles. The van der Waals surface area contributed by atoms with Crippen molar-refractivity contribution in [3.8, 4) is 5.88 Å². The summed E-state index contributed by atoms with van der Waals surface area (Å²) in [4.78, 5) is 24.9. The number of aliphatic hydroxyl groups excluding tert-OH is 1. The molecule has 0 aliphatic rings. The van der Waals surface area contributed by atoms with Gasteiger partial charge in [0, 0.05) is 13.0 Å². The van der Waals surface area contributed by atoms with E-state index in [0.717, 1.165) is 57.8 Å². The number of aromatic hydroxyl groups is 1. The number of carboxylic acids is 1. The molecule has 0 aromatic carbocycles. The van der Waals surface area contributed by atoms with Crippen molar-refractivity contribution in [3.63, 3.8) is 0 Å². The van der Waals surface area contributed by atoms with E-state index in [1.165, 1.54) is 0 Å². The Balaban J connectivity index is 2.34. The van der Waals surface area contributed by atoms with Crippen LogP contribution in [0.15, 0.2) is 4.79 Å². The van der Waals surface area contributed by atoms with Crippen LogP contribution in [0.5, 0.6) is 5.88 Å². The molecule has 0 fully saturated rings. The van der Waals surface area contributed by atoms with Gasteiger partial charge in [0.05, 0.1) is 11.8 Å². The number of aliphatic carboxylic acids is 1. The first-order valence-corrected chi connectivity index (χ1v) is 10.4. The Labute approximate surface area is 161 Å². The normalized spacial score (nSPS) is 12.4. The largest absolute Gasteiger partial charge is 0.493 e. The van der Waals surface area contributed by atoms with Gasteiger partial charge in [-0.15, -0.1) is 0 Å². The highest BCUT2D eigenvalue weighted by atomic mass is 16.4. The summed E-state index contributed by atoms with van der Waals surface area (Å²) in [6, 6.07) is 0. The monoisotopic (exact) mass is 384 g/mol. The summed E-state index contributed by atoms with van der Waals surface area (Å²) in [7, 11) is 0. The zero-order valence-corrected chi connectivity index (χ0v) is 16.6. The van der Waals surface area contributed by atoms with Crippen LogP contribution < -0.4 is 5.69 Å².